The van der Waals surface area contributed by atoms with Gasteiger partial charge in [-0.05, 0) is 40.7 Å². The number of aliphatic hydroxyl groups excluding tert-OH is 2. The van der Waals surface area contributed by atoms with E-state index >= 15 is 0 Å². The summed E-state index contributed by atoms with van der Waals surface area (Å²) in [6.07, 6.45) is -4.88. The summed E-state index contributed by atoms with van der Waals surface area (Å²) in [5.41, 5.74) is 2.30. The van der Waals surface area contributed by atoms with Crippen molar-refractivity contribution in [2.45, 2.75) is 58.7 Å². The van der Waals surface area contributed by atoms with Gasteiger partial charge in [-0.15, -0.1) is 0 Å². The average molecular weight is 322 g/mol. The standard InChI is InChI=1S/C14H22O3.C2H3F3/c1-8(2)11-5-10(13(16)7-15)6-12(9(3)4)14(11)17;1-2(3,4)5/h5-6,8-9,13,15-17H,7H2,1-4H3;1H3. The van der Waals surface area contributed by atoms with Gasteiger partial charge in [-0.2, -0.15) is 13.2 Å². The van der Waals surface area contributed by atoms with Gasteiger partial charge in [0.25, 0.3) is 0 Å². The van der Waals surface area contributed by atoms with Gasteiger partial charge < -0.3 is 15.3 Å². The van der Waals surface area contributed by atoms with Crippen molar-refractivity contribution >= 4 is 0 Å². The number of rotatable bonds is 4. The molecule has 22 heavy (non-hydrogen) atoms. The Morgan fingerprint density at radius 1 is 1.00 bits per heavy atom. The van der Waals surface area contributed by atoms with Gasteiger partial charge in [0.15, 0.2) is 0 Å². The van der Waals surface area contributed by atoms with Crippen LogP contribution in [0.1, 0.15) is 69.2 Å². The molecule has 1 rings (SSSR count). The molecule has 0 bridgehead atoms. The van der Waals surface area contributed by atoms with E-state index in [1.165, 1.54) is 0 Å². The van der Waals surface area contributed by atoms with Gasteiger partial charge in [0.2, 0.25) is 0 Å². The number of hydrogen-bond donors (Lipinski definition) is 3. The number of benzene rings is 1. The predicted octanol–water partition coefficient (Wildman–Crippen LogP) is 4.23. The minimum absolute atomic E-state index is 0.179. The molecule has 0 aliphatic heterocycles. The molecule has 0 saturated heterocycles. The van der Waals surface area contributed by atoms with Crippen LogP contribution >= 0.6 is 0 Å². The number of phenols is 1. The molecule has 0 spiro atoms. The van der Waals surface area contributed by atoms with Crippen LogP contribution in [0.3, 0.4) is 0 Å². The third-order valence-electron chi connectivity index (χ3n) is 2.99. The molecule has 3 N–H and O–H groups in total. The first-order valence-corrected chi connectivity index (χ1v) is 7.10. The Balaban J connectivity index is 0.000000763. The van der Waals surface area contributed by atoms with Crippen LogP contribution in [0.15, 0.2) is 12.1 Å². The van der Waals surface area contributed by atoms with E-state index in [9.17, 15) is 23.4 Å². The number of aromatic hydroxyl groups is 1. The van der Waals surface area contributed by atoms with Crippen molar-refractivity contribution in [3.63, 3.8) is 0 Å². The highest BCUT2D eigenvalue weighted by Crippen LogP contribution is 2.36. The lowest BCUT2D eigenvalue weighted by atomic mass is 9.90. The highest BCUT2D eigenvalue weighted by Gasteiger charge is 2.18. The SMILES string of the molecule is CC(C)c1cc(C(O)CO)cc(C(C)C)c1O.CC(F)(F)F. The third kappa shape index (κ3) is 7.13. The fraction of sp³-hybridized carbons (Fsp3) is 0.625. The van der Waals surface area contributed by atoms with E-state index in [1.54, 1.807) is 12.1 Å². The van der Waals surface area contributed by atoms with Crippen LogP contribution in [-0.4, -0.2) is 28.1 Å². The minimum atomic E-state index is -4.00. The Labute approximate surface area is 129 Å². The topological polar surface area (TPSA) is 60.7 Å². The molecule has 128 valence electrons. The van der Waals surface area contributed by atoms with Crippen molar-refractivity contribution in [1.82, 2.24) is 0 Å². The van der Waals surface area contributed by atoms with E-state index in [0.717, 1.165) is 11.1 Å². The molecular formula is C16H25F3O3. The van der Waals surface area contributed by atoms with E-state index in [0.29, 0.717) is 11.3 Å². The Hall–Kier alpha value is -1.27. The summed E-state index contributed by atoms with van der Waals surface area (Å²) in [6.45, 7) is 7.86. The Kier molecular flexibility index (Phi) is 7.90. The lowest BCUT2D eigenvalue weighted by Gasteiger charge is -2.19. The maximum absolute atomic E-state index is 10.4. The monoisotopic (exact) mass is 322 g/mol. The number of hydrogen-bond acceptors (Lipinski definition) is 3. The van der Waals surface area contributed by atoms with Crippen molar-refractivity contribution in [3.8, 4) is 5.75 Å². The average Bonchev–Trinajstić information content (AvgIpc) is 2.35. The number of alkyl halides is 3. The predicted molar refractivity (Wildman–Crippen MR) is 80.1 cm³/mol. The summed E-state index contributed by atoms with van der Waals surface area (Å²) < 4.78 is 31.1. The second kappa shape index (κ2) is 8.39. The van der Waals surface area contributed by atoms with Gasteiger partial charge in [0, 0.05) is 6.92 Å². The normalized spacial score (nSPS) is 13.1. The minimum Gasteiger partial charge on any atom is -0.507 e. The first kappa shape index (κ1) is 20.7. The van der Waals surface area contributed by atoms with Crippen LogP contribution in [0.4, 0.5) is 13.2 Å². The van der Waals surface area contributed by atoms with Gasteiger partial charge in [0.1, 0.15) is 11.9 Å². The van der Waals surface area contributed by atoms with Crippen molar-refractivity contribution < 1.29 is 28.5 Å². The number of halogens is 3. The molecule has 1 unspecified atom stereocenters. The first-order chi connectivity index (χ1) is 9.88. The summed E-state index contributed by atoms with van der Waals surface area (Å²) in [7, 11) is 0. The fourth-order valence-electron chi connectivity index (χ4n) is 1.88. The zero-order chi connectivity index (χ0) is 17.7. The molecule has 6 heteroatoms. The molecule has 3 nitrogen and oxygen atoms in total. The van der Waals surface area contributed by atoms with Crippen LogP contribution in [0, 0.1) is 0 Å². The van der Waals surface area contributed by atoms with Crippen LogP contribution < -0.4 is 0 Å². The van der Waals surface area contributed by atoms with E-state index in [4.69, 9.17) is 5.11 Å². The Bertz CT molecular complexity index is 433. The van der Waals surface area contributed by atoms with Crippen LogP contribution in [0.25, 0.3) is 0 Å². The van der Waals surface area contributed by atoms with E-state index in [2.05, 4.69) is 0 Å². The number of aliphatic hydroxyl groups is 2. The van der Waals surface area contributed by atoms with E-state index < -0.39 is 12.3 Å². The fourth-order valence-corrected chi connectivity index (χ4v) is 1.88. The van der Waals surface area contributed by atoms with Crippen molar-refractivity contribution in [3.05, 3.63) is 28.8 Å². The third-order valence-corrected chi connectivity index (χ3v) is 2.99. The van der Waals surface area contributed by atoms with Gasteiger partial charge in [-0.3, -0.25) is 0 Å². The Morgan fingerprint density at radius 3 is 1.55 bits per heavy atom. The second-order valence-electron chi connectivity index (χ2n) is 5.84. The first-order valence-electron chi connectivity index (χ1n) is 7.10. The second-order valence-corrected chi connectivity index (χ2v) is 5.84. The van der Waals surface area contributed by atoms with Crippen LogP contribution in [-0.2, 0) is 0 Å². The largest absolute Gasteiger partial charge is 0.507 e. The van der Waals surface area contributed by atoms with Crippen molar-refractivity contribution in [2.75, 3.05) is 6.61 Å². The van der Waals surface area contributed by atoms with Crippen LogP contribution in [0.2, 0.25) is 0 Å². The molecule has 0 amide bonds. The summed E-state index contributed by atoms with van der Waals surface area (Å²) in [6, 6.07) is 3.54. The lowest BCUT2D eigenvalue weighted by molar-refractivity contribution is -0.110. The van der Waals surface area contributed by atoms with E-state index in [1.807, 2.05) is 27.7 Å². The molecule has 0 saturated carbocycles. The highest BCUT2D eigenvalue weighted by atomic mass is 19.4. The summed E-state index contributed by atoms with van der Waals surface area (Å²) in [5.74, 6) is 0.667. The summed E-state index contributed by atoms with van der Waals surface area (Å²) in [5, 5.41) is 28.9. The van der Waals surface area contributed by atoms with Gasteiger partial charge in [0.05, 0.1) is 6.61 Å². The summed E-state index contributed by atoms with van der Waals surface area (Å²) >= 11 is 0. The van der Waals surface area contributed by atoms with Crippen LogP contribution in [0.5, 0.6) is 5.75 Å². The summed E-state index contributed by atoms with van der Waals surface area (Å²) in [4.78, 5) is 0. The maximum Gasteiger partial charge on any atom is 0.386 e. The Morgan fingerprint density at radius 2 is 1.32 bits per heavy atom. The van der Waals surface area contributed by atoms with Crippen molar-refractivity contribution in [2.24, 2.45) is 0 Å². The van der Waals surface area contributed by atoms with Gasteiger partial charge >= 0.3 is 6.18 Å². The number of phenolic OH excluding ortho intramolecular Hbond substituents is 1. The molecule has 0 aliphatic rings. The molecule has 0 heterocycles. The molecular weight excluding hydrogens is 297 g/mol. The molecule has 1 aromatic carbocycles. The zero-order valence-electron chi connectivity index (χ0n) is 13.6. The molecule has 1 atom stereocenters. The smallest absolute Gasteiger partial charge is 0.386 e. The van der Waals surface area contributed by atoms with Crippen molar-refractivity contribution in [1.29, 1.82) is 0 Å². The molecule has 1 aromatic rings. The lowest BCUT2D eigenvalue weighted by Crippen LogP contribution is -2.06. The highest BCUT2D eigenvalue weighted by molar-refractivity contribution is 5.47. The molecule has 0 radical (unpaired) electrons. The molecule has 0 aromatic heterocycles. The zero-order valence-corrected chi connectivity index (χ0v) is 13.6. The van der Waals surface area contributed by atoms with E-state index in [-0.39, 0.29) is 25.4 Å². The molecule has 0 aliphatic carbocycles. The molecule has 0 fully saturated rings. The van der Waals surface area contributed by atoms with Gasteiger partial charge in [-0.25, -0.2) is 0 Å². The van der Waals surface area contributed by atoms with Gasteiger partial charge in [-0.1, -0.05) is 27.7 Å². The quantitative estimate of drug-likeness (QED) is 0.777. The maximum atomic E-state index is 10.4.